The fourth-order valence-corrected chi connectivity index (χ4v) is 3.80. The van der Waals surface area contributed by atoms with E-state index in [-0.39, 0.29) is 0 Å². The minimum absolute atomic E-state index is 0.594. The topological polar surface area (TPSA) is 9.23 Å². The van der Waals surface area contributed by atoms with Crippen LogP contribution in [0.25, 0.3) is 0 Å². The van der Waals surface area contributed by atoms with Crippen molar-refractivity contribution in [3.05, 3.63) is 27.7 Å². The highest BCUT2D eigenvalue weighted by molar-refractivity contribution is 6.50. The fraction of sp³-hybridized carbons (Fsp3) is 0.571. The van der Waals surface area contributed by atoms with Crippen LogP contribution in [0.5, 0.6) is 5.75 Å². The molecule has 0 amide bonds. The molecule has 0 unspecified atom stereocenters. The maximum absolute atomic E-state index is 6.33. The molecule has 0 heterocycles. The summed E-state index contributed by atoms with van der Waals surface area (Å²) in [4.78, 5) is 0. The molecule has 0 aromatic heterocycles. The van der Waals surface area contributed by atoms with E-state index in [4.69, 9.17) is 27.6 Å². The number of halogens is 2. The molecule has 0 saturated heterocycles. The van der Waals surface area contributed by atoms with Crippen molar-refractivity contribution in [2.75, 3.05) is 0 Å². The third-order valence-electron chi connectivity index (χ3n) is 3.48. The molecule has 1 aliphatic rings. The second-order valence-corrected chi connectivity index (χ2v) is 8.40. The summed E-state index contributed by atoms with van der Waals surface area (Å²) >= 11 is 12.4. The molecule has 0 radical (unpaired) electrons. The number of rotatable bonds is 3. The first-order valence-corrected chi connectivity index (χ1v) is 10.3. The van der Waals surface area contributed by atoms with Crippen LogP contribution in [0.15, 0.2) is 12.1 Å². The van der Waals surface area contributed by atoms with Gasteiger partial charge in [-0.05, 0) is 43.5 Å². The Hall–Kier alpha value is -0.183. The van der Waals surface area contributed by atoms with Crippen LogP contribution in [0.1, 0.15) is 43.6 Å². The normalized spacial score (nSPS) is 17.2. The molecule has 2 rings (SSSR count). The Morgan fingerprint density at radius 3 is 2.39 bits per heavy atom. The fourth-order valence-electron chi connectivity index (χ4n) is 2.64. The van der Waals surface area contributed by atoms with E-state index in [0.29, 0.717) is 16.0 Å². The molecule has 1 nitrogen and oxygen atoms in total. The number of hydrogen-bond acceptors (Lipinski definition) is 1. The summed E-state index contributed by atoms with van der Waals surface area (Å²) in [5.41, 5.74) is 1.27. The minimum atomic E-state index is -1.17. The van der Waals surface area contributed by atoms with Gasteiger partial charge in [-0.25, -0.2) is 0 Å². The zero-order chi connectivity index (χ0) is 13.1. The van der Waals surface area contributed by atoms with E-state index in [0.717, 1.165) is 5.75 Å². The molecular weight excluding hydrogens is 283 g/mol. The monoisotopic (exact) mass is 302 g/mol. The third kappa shape index (κ3) is 3.22. The van der Waals surface area contributed by atoms with Gasteiger partial charge in [0.25, 0.3) is 0 Å². The van der Waals surface area contributed by atoms with Gasteiger partial charge in [0.05, 0.1) is 5.02 Å². The molecule has 0 aliphatic heterocycles. The van der Waals surface area contributed by atoms with Crippen molar-refractivity contribution in [1.29, 1.82) is 0 Å². The maximum atomic E-state index is 6.33. The zero-order valence-electron chi connectivity index (χ0n) is 11.0. The molecule has 0 spiro atoms. The molecule has 4 heteroatoms. The first kappa shape index (κ1) is 14.2. The summed E-state index contributed by atoms with van der Waals surface area (Å²) in [5.74, 6) is 1.45. The Morgan fingerprint density at radius 2 is 1.78 bits per heavy atom. The average molecular weight is 303 g/mol. The SMILES string of the molecule is C[SiH](C)Oc1c(C2CCCCC2)ccc(Cl)c1Cl. The molecular formula is C14H20Cl2OSi. The van der Waals surface area contributed by atoms with Crippen LogP contribution in [0.3, 0.4) is 0 Å². The largest absolute Gasteiger partial charge is 0.546 e. The first-order valence-electron chi connectivity index (χ1n) is 6.74. The van der Waals surface area contributed by atoms with Gasteiger partial charge in [-0.2, -0.15) is 0 Å². The minimum Gasteiger partial charge on any atom is -0.546 e. The molecule has 0 N–H and O–H groups in total. The van der Waals surface area contributed by atoms with Crippen LogP contribution in [-0.4, -0.2) is 9.04 Å². The van der Waals surface area contributed by atoms with Gasteiger partial charge in [-0.1, -0.05) is 48.5 Å². The summed E-state index contributed by atoms with van der Waals surface area (Å²) < 4.78 is 6.03. The predicted molar refractivity (Wildman–Crippen MR) is 81.8 cm³/mol. The Morgan fingerprint density at radius 1 is 1.11 bits per heavy atom. The summed E-state index contributed by atoms with van der Waals surface area (Å²) in [7, 11) is -1.17. The van der Waals surface area contributed by atoms with Gasteiger partial charge < -0.3 is 4.43 Å². The van der Waals surface area contributed by atoms with Crippen LogP contribution < -0.4 is 4.43 Å². The van der Waals surface area contributed by atoms with Gasteiger partial charge in [-0.3, -0.25) is 0 Å². The molecule has 18 heavy (non-hydrogen) atoms. The second-order valence-electron chi connectivity index (χ2n) is 5.28. The van der Waals surface area contributed by atoms with E-state index in [1.165, 1.54) is 37.7 Å². The summed E-state index contributed by atoms with van der Waals surface area (Å²) in [6.45, 7) is 4.31. The molecule has 0 atom stereocenters. The highest BCUT2D eigenvalue weighted by atomic mass is 35.5. The van der Waals surface area contributed by atoms with Gasteiger partial charge in [0.15, 0.2) is 0 Å². The summed E-state index contributed by atoms with van der Waals surface area (Å²) in [5, 5.41) is 1.20. The second kappa shape index (κ2) is 6.31. The van der Waals surface area contributed by atoms with Gasteiger partial charge in [-0.15, -0.1) is 0 Å². The first-order chi connectivity index (χ1) is 8.59. The lowest BCUT2D eigenvalue weighted by Crippen LogP contribution is -2.15. The molecule has 1 aromatic rings. The van der Waals surface area contributed by atoms with Crippen LogP contribution in [-0.2, 0) is 0 Å². The number of hydrogen-bond donors (Lipinski definition) is 0. The Labute approximate surface area is 121 Å². The Kier molecular flexibility index (Phi) is 4.99. The molecule has 100 valence electrons. The van der Waals surface area contributed by atoms with E-state index in [9.17, 15) is 0 Å². The van der Waals surface area contributed by atoms with Crippen molar-refractivity contribution in [2.24, 2.45) is 0 Å². The van der Waals surface area contributed by atoms with Crippen molar-refractivity contribution >= 4 is 32.2 Å². The quantitative estimate of drug-likeness (QED) is 0.679. The van der Waals surface area contributed by atoms with Gasteiger partial charge in [0.2, 0.25) is 9.04 Å². The Bertz CT molecular complexity index is 415. The molecule has 1 aromatic carbocycles. The third-order valence-corrected chi connectivity index (χ3v) is 4.97. The summed E-state index contributed by atoms with van der Waals surface area (Å²) in [6.07, 6.45) is 6.46. The van der Waals surface area contributed by atoms with E-state index in [1.54, 1.807) is 0 Å². The lowest BCUT2D eigenvalue weighted by Gasteiger charge is -2.26. The lowest BCUT2D eigenvalue weighted by molar-refractivity contribution is 0.433. The van der Waals surface area contributed by atoms with Gasteiger partial charge >= 0.3 is 0 Å². The van der Waals surface area contributed by atoms with Crippen LogP contribution in [0.2, 0.25) is 23.1 Å². The van der Waals surface area contributed by atoms with E-state index in [1.807, 2.05) is 6.07 Å². The smallest absolute Gasteiger partial charge is 0.229 e. The van der Waals surface area contributed by atoms with Crippen molar-refractivity contribution in [2.45, 2.75) is 51.1 Å². The van der Waals surface area contributed by atoms with Crippen molar-refractivity contribution in [3.8, 4) is 5.75 Å². The molecule has 1 aliphatic carbocycles. The number of benzene rings is 1. The molecule has 1 saturated carbocycles. The Balaban J connectivity index is 2.35. The molecule has 0 bridgehead atoms. The lowest BCUT2D eigenvalue weighted by atomic mass is 9.84. The summed E-state index contributed by atoms with van der Waals surface area (Å²) in [6, 6.07) is 4.01. The maximum Gasteiger partial charge on any atom is 0.229 e. The predicted octanol–water partition coefficient (Wildman–Crippen LogP) is 5.40. The van der Waals surface area contributed by atoms with Crippen LogP contribution in [0.4, 0.5) is 0 Å². The highest BCUT2D eigenvalue weighted by Crippen LogP contribution is 2.43. The molecule has 1 fully saturated rings. The van der Waals surface area contributed by atoms with Crippen molar-refractivity contribution in [3.63, 3.8) is 0 Å². The van der Waals surface area contributed by atoms with E-state index in [2.05, 4.69) is 19.2 Å². The van der Waals surface area contributed by atoms with Gasteiger partial charge in [0.1, 0.15) is 10.8 Å². The average Bonchev–Trinajstić information content (AvgIpc) is 2.36. The highest BCUT2D eigenvalue weighted by Gasteiger charge is 2.22. The van der Waals surface area contributed by atoms with Gasteiger partial charge in [0, 0.05) is 0 Å². The van der Waals surface area contributed by atoms with Crippen molar-refractivity contribution < 1.29 is 4.43 Å². The van der Waals surface area contributed by atoms with Crippen LogP contribution in [0, 0.1) is 0 Å². The van der Waals surface area contributed by atoms with Crippen LogP contribution >= 0.6 is 23.2 Å². The standard InChI is InChI=1S/C14H20Cl2OSi/c1-18(2)17-14-11(8-9-12(15)13(14)16)10-6-4-3-5-7-10/h8-10,18H,3-7H2,1-2H3. The van der Waals surface area contributed by atoms with E-state index >= 15 is 0 Å². The van der Waals surface area contributed by atoms with Crippen molar-refractivity contribution in [1.82, 2.24) is 0 Å². The van der Waals surface area contributed by atoms with E-state index < -0.39 is 9.04 Å². The zero-order valence-corrected chi connectivity index (χ0v) is 13.7.